The van der Waals surface area contributed by atoms with Gasteiger partial charge in [-0.05, 0) is 43.2 Å². The van der Waals surface area contributed by atoms with Gasteiger partial charge in [-0.3, -0.25) is 9.78 Å². The number of halogens is 1. The SMILES string of the molecule is CC(C)N(Cc1ccccc1Cl)C(=O)Cc1ccncc1. The highest BCUT2D eigenvalue weighted by molar-refractivity contribution is 6.31. The molecule has 110 valence electrons. The number of nitrogens with zero attached hydrogens (tertiary/aromatic N) is 2. The van der Waals surface area contributed by atoms with E-state index in [9.17, 15) is 4.79 Å². The maximum atomic E-state index is 12.5. The minimum absolute atomic E-state index is 0.0936. The lowest BCUT2D eigenvalue weighted by atomic mass is 10.1. The first kappa shape index (κ1) is 15.5. The summed E-state index contributed by atoms with van der Waals surface area (Å²) in [6, 6.07) is 11.5. The molecular formula is C17H19ClN2O. The standard InChI is InChI=1S/C17H19ClN2O/c1-13(2)20(12-15-5-3-4-6-16(15)18)17(21)11-14-7-9-19-10-8-14/h3-10,13H,11-12H2,1-2H3. The molecule has 1 aromatic carbocycles. The van der Waals surface area contributed by atoms with Gasteiger partial charge in [-0.2, -0.15) is 0 Å². The molecule has 2 aromatic rings. The zero-order valence-electron chi connectivity index (χ0n) is 12.3. The van der Waals surface area contributed by atoms with Crippen molar-refractivity contribution in [2.45, 2.75) is 32.9 Å². The summed E-state index contributed by atoms with van der Waals surface area (Å²) in [6.45, 7) is 4.56. The fourth-order valence-electron chi connectivity index (χ4n) is 2.15. The van der Waals surface area contributed by atoms with E-state index in [1.54, 1.807) is 12.4 Å². The molecule has 0 saturated carbocycles. The van der Waals surface area contributed by atoms with Crippen LogP contribution in [0.5, 0.6) is 0 Å². The molecule has 21 heavy (non-hydrogen) atoms. The topological polar surface area (TPSA) is 33.2 Å². The second kappa shape index (κ2) is 7.23. The molecule has 0 saturated heterocycles. The molecule has 4 heteroatoms. The molecule has 1 aromatic heterocycles. The highest BCUT2D eigenvalue weighted by atomic mass is 35.5. The smallest absolute Gasteiger partial charge is 0.227 e. The van der Waals surface area contributed by atoms with Crippen LogP contribution in [0.1, 0.15) is 25.0 Å². The summed E-state index contributed by atoms with van der Waals surface area (Å²) < 4.78 is 0. The molecule has 0 spiro atoms. The Hall–Kier alpha value is -1.87. The highest BCUT2D eigenvalue weighted by Gasteiger charge is 2.18. The van der Waals surface area contributed by atoms with E-state index in [-0.39, 0.29) is 11.9 Å². The van der Waals surface area contributed by atoms with Gasteiger partial charge in [0.05, 0.1) is 6.42 Å². The van der Waals surface area contributed by atoms with Crippen LogP contribution in [0.2, 0.25) is 5.02 Å². The van der Waals surface area contributed by atoms with Gasteiger partial charge in [0.15, 0.2) is 0 Å². The number of carbonyl (C=O) groups is 1. The van der Waals surface area contributed by atoms with Crippen LogP contribution < -0.4 is 0 Å². The van der Waals surface area contributed by atoms with Gasteiger partial charge in [0.25, 0.3) is 0 Å². The van der Waals surface area contributed by atoms with Gasteiger partial charge in [-0.1, -0.05) is 29.8 Å². The van der Waals surface area contributed by atoms with Gasteiger partial charge < -0.3 is 4.90 Å². The van der Waals surface area contributed by atoms with E-state index in [4.69, 9.17) is 11.6 Å². The third-order valence-corrected chi connectivity index (χ3v) is 3.72. The molecule has 0 aliphatic rings. The summed E-state index contributed by atoms with van der Waals surface area (Å²) in [7, 11) is 0. The number of rotatable bonds is 5. The van der Waals surface area contributed by atoms with Crippen LogP contribution in [0.4, 0.5) is 0 Å². The van der Waals surface area contributed by atoms with E-state index in [0.717, 1.165) is 11.1 Å². The van der Waals surface area contributed by atoms with E-state index < -0.39 is 0 Å². The van der Waals surface area contributed by atoms with E-state index in [1.165, 1.54) is 0 Å². The summed E-state index contributed by atoms with van der Waals surface area (Å²) in [4.78, 5) is 18.4. The first-order valence-electron chi connectivity index (χ1n) is 6.99. The summed E-state index contributed by atoms with van der Waals surface area (Å²) in [5.74, 6) is 0.0936. The van der Waals surface area contributed by atoms with E-state index in [1.807, 2.05) is 55.1 Å². The maximum Gasteiger partial charge on any atom is 0.227 e. The average Bonchev–Trinajstić information content (AvgIpc) is 2.47. The van der Waals surface area contributed by atoms with E-state index in [0.29, 0.717) is 18.0 Å². The van der Waals surface area contributed by atoms with Gasteiger partial charge in [-0.15, -0.1) is 0 Å². The van der Waals surface area contributed by atoms with Crippen molar-refractivity contribution < 1.29 is 4.79 Å². The molecule has 0 unspecified atom stereocenters. The van der Waals surface area contributed by atoms with Crippen LogP contribution in [0.15, 0.2) is 48.8 Å². The quantitative estimate of drug-likeness (QED) is 0.843. The van der Waals surface area contributed by atoms with E-state index in [2.05, 4.69) is 4.98 Å². The van der Waals surface area contributed by atoms with Crippen molar-refractivity contribution in [2.24, 2.45) is 0 Å². The molecule has 3 nitrogen and oxygen atoms in total. The van der Waals surface area contributed by atoms with Gasteiger partial charge in [-0.25, -0.2) is 0 Å². The molecule has 0 N–H and O–H groups in total. The van der Waals surface area contributed by atoms with Gasteiger partial charge in [0, 0.05) is 30.0 Å². The van der Waals surface area contributed by atoms with Crippen molar-refractivity contribution in [3.63, 3.8) is 0 Å². The number of aromatic nitrogens is 1. The van der Waals surface area contributed by atoms with Crippen molar-refractivity contribution in [3.05, 3.63) is 64.9 Å². The molecule has 0 atom stereocenters. The Kier molecular flexibility index (Phi) is 5.34. The number of carbonyl (C=O) groups excluding carboxylic acids is 1. The molecule has 1 amide bonds. The van der Waals surface area contributed by atoms with Crippen molar-refractivity contribution >= 4 is 17.5 Å². The van der Waals surface area contributed by atoms with Crippen LogP contribution in [-0.2, 0) is 17.8 Å². The predicted octanol–water partition coefficient (Wildman–Crippen LogP) is 3.71. The van der Waals surface area contributed by atoms with Gasteiger partial charge in [0.2, 0.25) is 5.91 Å². The van der Waals surface area contributed by atoms with Crippen LogP contribution in [0.25, 0.3) is 0 Å². The highest BCUT2D eigenvalue weighted by Crippen LogP contribution is 2.19. The summed E-state index contributed by atoms with van der Waals surface area (Å²) in [6.07, 6.45) is 3.79. The third-order valence-electron chi connectivity index (χ3n) is 3.35. The number of amides is 1. The predicted molar refractivity (Wildman–Crippen MR) is 85.1 cm³/mol. The van der Waals surface area contributed by atoms with Crippen LogP contribution in [-0.4, -0.2) is 21.8 Å². The van der Waals surface area contributed by atoms with Crippen LogP contribution >= 0.6 is 11.6 Å². The molecule has 0 fully saturated rings. The average molecular weight is 303 g/mol. The van der Waals surface area contributed by atoms with Crippen molar-refractivity contribution in [2.75, 3.05) is 0 Å². The first-order chi connectivity index (χ1) is 10.1. The van der Waals surface area contributed by atoms with Gasteiger partial charge >= 0.3 is 0 Å². The van der Waals surface area contributed by atoms with Gasteiger partial charge in [0.1, 0.15) is 0 Å². The minimum Gasteiger partial charge on any atom is -0.336 e. The molecule has 0 bridgehead atoms. The molecule has 2 rings (SSSR count). The Balaban J connectivity index is 2.12. The van der Waals surface area contributed by atoms with Crippen molar-refractivity contribution in [3.8, 4) is 0 Å². The lowest BCUT2D eigenvalue weighted by molar-refractivity contribution is -0.132. The number of pyridine rings is 1. The zero-order chi connectivity index (χ0) is 15.2. The monoisotopic (exact) mass is 302 g/mol. The molecular weight excluding hydrogens is 284 g/mol. The molecule has 0 aliphatic heterocycles. The Morgan fingerprint density at radius 1 is 1.19 bits per heavy atom. The third kappa shape index (κ3) is 4.30. The Bertz CT molecular complexity index is 599. The van der Waals surface area contributed by atoms with E-state index >= 15 is 0 Å². The Labute approximate surface area is 130 Å². The number of benzene rings is 1. The second-order valence-corrected chi connectivity index (χ2v) is 5.65. The molecule has 0 aliphatic carbocycles. The Morgan fingerprint density at radius 3 is 2.48 bits per heavy atom. The summed E-state index contributed by atoms with van der Waals surface area (Å²) in [5, 5.41) is 0.694. The lowest BCUT2D eigenvalue weighted by Gasteiger charge is -2.27. The lowest BCUT2D eigenvalue weighted by Crippen LogP contribution is -2.37. The normalized spacial score (nSPS) is 10.7. The fraction of sp³-hybridized carbons (Fsp3) is 0.294. The Morgan fingerprint density at radius 2 is 1.86 bits per heavy atom. The largest absolute Gasteiger partial charge is 0.336 e. The first-order valence-corrected chi connectivity index (χ1v) is 7.37. The van der Waals surface area contributed by atoms with Crippen LogP contribution in [0.3, 0.4) is 0 Å². The van der Waals surface area contributed by atoms with Crippen molar-refractivity contribution in [1.29, 1.82) is 0 Å². The summed E-state index contributed by atoms with van der Waals surface area (Å²) in [5.41, 5.74) is 1.94. The van der Waals surface area contributed by atoms with Crippen LogP contribution in [0, 0.1) is 0 Å². The number of hydrogen-bond donors (Lipinski definition) is 0. The zero-order valence-corrected chi connectivity index (χ0v) is 13.0. The van der Waals surface area contributed by atoms with Crippen molar-refractivity contribution in [1.82, 2.24) is 9.88 Å². The number of hydrogen-bond acceptors (Lipinski definition) is 2. The summed E-state index contributed by atoms with van der Waals surface area (Å²) >= 11 is 6.19. The fourth-order valence-corrected chi connectivity index (χ4v) is 2.34. The second-order valence-electron chi connectivity index (χ2n) is 5.24. The molecule has 1 heterocycles. The minimum atomic E-state index is 0.0936. The maximum absolute atomic E-state index is 12.5. The molecule has 0 radical (unpaired) electrons.